The van der Waals surface area contributed by atoms with E-state index in [9.17, 15) is 4.79 Å². The Morgan fingerprint density at radius 2 is 1.67 bits per heavy atom. The topological polar surface area (TPSA) is 17.1 Å². The van der Waals surface area contributed by atoms with Crippen molar-refractivity contribution in [3.63, 3.8) is 0 Å². The molecular weight excluding hydrogens is 184 g/mol. The van der Waals surface area contributed by atoms with Gasteiger partial charge >= 0.3 is 0 Å². The van der Waals surface area contributed by atoms with E-state index in [1.54, 1.807) is 0 Å². The summed E-state index contributed by atoms with van der Waals surface area (Å²) in [6, 6.07) is 0. The van der Waals surface area contributed by atoms with Gasteiger partial charge in [0.1, 0.15) is 6.29 Å². The Kier molecular flexibility index (Phi) is 4.76. The Labute approximate surface area is 95.0 Å². The van der Waals surface area contributed by atoms with Gasteiger partial charge in [0.15, 0.2) is 0 Å². The van der Waals surface area contributed by atoms with Gasteiger partial charge in [-0.2, -0.15) is 0 Å². The SMILES string of the molecule is CC(C)=CC(C)(C)C(C)(C)C(C)CC=O. The Balaban J connectivity index is 4.99. The summed E-state index contributed by atoms with van der Waals surface area (Å²) in [6.07, 6.45) is 3.99. The lowest BCUT2D eigenvalue weighted by molar-refractivity contribution is -0.109. The molecule has 0 bridgehead atoms. The van der Waals surface area contributed by atoms with Gasteiger partial charge in [0.2, 0.25) is 0 Å². The summed E-state index contributed by atoms with van der Waals surface area (Å²) in [5.74, 6) is 0.403. The monoisotopic (exact) mass is 210 g/mol. The molecule has 0 aromatic carbocycles. The third-order valence-corrected chi connectivity index (χ3v) is 3.99. The molecule has 0 fully saturated rings. The minimum atomic E-state index is 0.119. The molecular formula is C14H26O. The van der Waals surface area contributed by atoms with Crippen LogP contribution in [0.5, 0.6) is 0 Å². The normalized spacial score (nSPS) is 14.6. The molecule has 0 heterocycles. The van der Waals surface area contributed by atoms with Gasteiger partial charge in [-0.25, -0.2) is 0 Å². The third kappa shape index (κ3) is 3.48. The van der Waals surface area contributed by atoms with Crippen LogP contribution in [0, 0.1) is 16.7 Å². The van der Waals surface area contributed by atoms with Gasteiger partial charge in [0.25, 0.3) is 0 Å². The van der Waals surface area contributed by atoms with Crippen LogP contribution >= 0.6 is 0 Å². The maximum Gasteiger partial charge on any atom is 0.120 e. The van der Waals surface area contributed by atoms with Crippen molar-refractivity contribution in [2.75, 3.05) is 0 Å². The van der Waals surface area contributed by atoms with Crippen molar-refractivity contribution in [3.8, 4) is 0 Å². The molecule has 0 amide bonds. The highest BCUT2D eigenvalue weighted by Crippen LogP contribution is 2.46. The zero-order valence-electron chi connectivity index (χ0n) is 11.3. The van der Waals surface area contributed by atoms with Crippen LogP contribution in [-0.4, -0.2) is 6.29 Å². The first kappa shape index (κ1) is 14.4. The van der Waals surface area contributed by atoms with Crippen molar-refractivity contribution >= 4 is 6.29 Å². The van der Waals surface area contributed by atoms with Gasteiger partial charge in [-0.1, -0.05) is 46.3 Å². The summed E-state index contributed by atoms with van der Waals surface area (Å²) in [5, 5.41) is 0. The van der Waals surface area contributed by atoms with Crippen molar-refractivity contribution in [2.45, 2.75) is 54.9 Å². The van der Waals surface area contributed by atoms with Crippen molar-refractivity contribution in [3.05, 3.63) is 11.6 Å². The minimum absolute atomic E-state index is 0.119. The fourth-order valence-corrected chi connectivity index (χ4v) is 1.98. The van der Waals surface area contributed by atoms with Gasteiger partial charge in [-0.3, -0.25) is 0 Å². The summed E-state index contributed by atoms with van der Waals surface area (Å²) >= 11 is 0. The van der Waals surface area contributed by atoms with E-state index in [1.165, 1.54) is 5.57 Å². The molecule has 1 unspecified atom stereocenters. The number of carbonyl (C=O) groups is 1. The number of allylic oxidation sites excluding steroid dienone is 2. The van der Waals surface area contributed by atoms with Gasteiger partial charge in [-0.15, -0.1) is 0 Å². The maximum absolute atomic E-state index is 10.6. The highest BCUT2D eigenvalue weighted by molar-refractivity contribution is 5.49. The van der Waals surface area contributed by atoms with Gasteiger partial charge in [0, 0.05) is 6.42 Å². The Morgan fingerprint density at radius 1 is 1.20 bits per heavy atom. The third-order valence-electron chi connectivity index (χ3n) is 3.99. The summed E-state index contributed by atoms with van der Waals surface area (Å²) in [4.78, 5) is 10.6. The lowest BCUT2D eigenvalue weighted by Crippen LogP contribution is -2.37. The predicted molar refractivity (Wildman–Crippen MR) is 66.8 cm³/mol. The van der Waals surface area contributed by atoms with Crippen LogP contribution in [-0.2, 0) is 4.79 Å². The van der Waals surface area contributed by atoms with Crippen LogP contribution in [0.25, 0.3) is 0 Å². The van der Waals surface area contributed by atoms with Gasteiger partial charge in [-0.05, 0) is 30.6 Å². The molecule has 0 spiro atoms. The summed E-state index contributed by atoms with van der Waals surface area (Å²) in [5.41, 5.74) is 1.59. The Morgan fingerprint density at radius 3 is 2.00 bits per heavy atom. The Hall–Kier alpha value is -0.590. The highest BCUT2D eigenvalue weighted by atomic mass is 16.1. The number of hydrogen-bond donors (Lipinski definition) is 0. The molecule has 0 rings (SSSR count). The fourth-order valence-electron chi connectivity index (χ4n) is 1.98. The van der Waals surface area contributed by atoms with Crippen LogP contribution in [0.3, 0.4) is 0 Å². The fraction of sp³-hybridized carbons (Fsp3) is 0.786. The van der Waals surface area contributed by atoms with Gasteiger partial charge in [0.05, 0.1) is 0 Å². The summed E-state index contributed by atoms with van der Waals surface area (Å²) in [6.45, 7) is 15.4. The average Bonchev–Trinajstić information content (AvgIpc) is 2.01. The van der Waals surface area contributed by atoms with E-state index < -0.39 is 0 Å². The number of rotatable bonds is 5. The molecule has 0 aliphatic carbocycles. The average molecular weight is 210 g/mol. The number of carbonyl (C=O) groups excluding carboxylic acids is 1. The van der Waals surface area contributed by atoms with E-state index in [1.807, 2.05) is 0 Å². The predicted octanol–water partition coefficient (Wildman–Crippen LogP) is 4.23. The zero-order valence-corrected chi connectivity index (χ0v) is 11.3. The van der Waals surface area contributed by atoms with Crippen molar-refractivity contribution < 1.29 is 4.79 Å². The van der Waals surface area contributed by atoms with Crippen molar-refractivity contribution in [1.82, 2.24) is 0 Å². The zero-order chi connectivity index (χ0) is 12.3. The lowest BCUT2D eigenvalue weighted by atomic mass is 9.60. The quantitative estimate of drug-likeness (QED) is 0.490. The molecule has 0 aromatic rings. The molecule has 0 aliphatic rings. The molecule has 88 valence electrons. The summed E-state index contributed by atoms with van der Waals surface area (Å²) < 4.78 is 0. The molecule has 0 aromatic heterocycles. The smallest absolute Gasteiger partial charge is 0.120 e. The van der Waals surface area contributed by atoms with Crippen LogP contribution < -0.4 is 0 Å². The largest absolute Gasteiger partial charge is 0.303 e. The van der Waals surface area contributed by atoms with Crippen LogP contribution in [0.4, 0.5) is 0 Å². The molecule has 0 saturated carbocycles. The van der Waals surface area contributed by atoms with E-state index >= 15 is 0 Å². The van der Waals surface area contributed by atoms with E-state index in [0.717, 1.165) is 6.29 Å². The molecule has 0 N–H and O–H groups in total. The van der Waals surface area contributed by atoms with E-state index in [0.29, 0.717) is 12.3 Å². The van der Waals surface area contributed by atoms with Crippen LogP contribution in [0.1, 0.15) is 54.9 Å². The van der Waals surface area contributed by atoms with Crippen LogP contribution in [0.2, 0.25) is 0 Å². The molecule has 1 heteroatoms. The molecule has 0 radical (unpaired) electrons. The lowest BCUT2D eigenvalue weighted by Gasteiger charge is -2.44. The standard InChI is InChI=1S/C14H26O/c1-11(2)10-13(4,5)14(6,7)12(3)8-9-15/h9-10,12H,8H2,1-7H3. The second-order valence-electron chi connectivity index (χ2n) is 5.97. The Bertz CT molecular complexity index is 242. The summed E-state index contributed by atoms with van der Waals surface area (Å²) in [7, 11) is 0. The van der Waals surface area contributed by atoms with Crippen LogP contribution in [0.15, 0.2) is 11.6 Å². The first-order chi connectivity index (χ1) is 6.65. The van der Waals surface area contributed by atoms with Gasteiger partial charge < -0.3 is 4.79 Å². The van der Waals surface area contributed by atoms with E-state index in [4.69, 9.17) is 0 Å². The molecule has 0 aliphatic heterocycles. The molecule has 1 nitrogen and oxygen atoms in total. The van der Waals surface area contributed by atoms with Crippen molar-refractivity contribution in [2.24, 2.45) is 16.7 Å². The number of aldehydes is 1. The van der Waals surface area contributed by atoms with E-state index in [2.05, 4.69) is 54.5 Å². The van der Waals surface area contributed by atoms with Crippen molar-refractivity contribution in [1.29, 1.82) is 0 Å². The minimum Gasteiger partial charge on any atom is -0.303 e. The molecule has 1 atom stereocenters. The molecule has 0 saturated heterocycles. The second kappa shape index (κ2) is 4.96. The first-order valence-electron chi connectivity index (χ1n) is 5.75. The highest BCUT2D eigenvalue weighted by Gasteiger charge is 2.39. The number of hydrogen-bond acceptors (Lipinski definition) is 1. The van der Waals surface area contributed by atoms with E-state index in [-0.39, 0.29) is 10.8 Å². The molecule has 15 heavy (non-hydrogen) atoms. The second-order valence-corrected chi connectivity index (χ2v) is 5.97. The first-order valence-corrected chi connectivity index (χ1v) is 5.75. The maximum atomic E-state index is 10.6.